The highest BCUT2D eigenvalue weighted by molar-refractivity contribution is 7.14. The summed E-state index contributed by atoms with van der Waals surface area (Å²) in [5.41, 5.74) is 5.49. The predicted molar refractivity (Wildman–Crippen MR) is 105 cm³/mol. The molecule has 0 bridgehead atoms. The molecule has 8 heteroatoms. The van der Waals surface area contributed by atoms with E-state index < -0.39 is 11.7 Å². The topological polar surface area (TPSA) is 96.5 Å². The number of hydrogen-bond donors (Lipinski definition) is 3. The van der Waals surface area contributed by atoms with Crippen molar-refractivity contribution in [1.82, 2.24) is 16.2 Å². The van der Waals surface area contributed by atoms with E-state index in [4.69, 9.17) is 4.74 Å². The minimum Gasteiger partial charge on any atom is -0.444 e. The third-order valence-corrected chi connectivity index (χ3v) is 5.56. The van der Waals surface area contributed by atoms with Gasteiger partial charge in [-0.3, -0.25) is 20.4 Å². The van der Waals surface area contributed by atoms with Crippen LogP contribution in [0.25, 0.3) is 0 Å². The Hall–Kier alpha value is -2.09. The lowest BCUT2D eigenvalue weighted by molar-refractivity contribution is -0.121. The fourth-order valence-corrected chi connectivity index (χ4v) is 4.01. The number of amides is 3. The number of nitrogens with one attached hydrogen (secondary N) is 3. The first kappa shape index (κ1) is 21.2. The number of carbonyl (C=O) groups is 3. The molecular formula is C19H29N3O4S. The van der Waals surface area contributed by atoms with Gasteiger partial charge < -0.3 is 10.1 Å². The molecule has 1 aliphatic rings. The van der Waals surface area contributed by atoms with Gasteiger partial charge in [0.1, 0.15) is 5.60 Å². The number of hydrazine groups is 1. The van der Waals surface area contributed by atoms with E-state index in [-0.39, 0.29) is 24.8 Å². The van der Waals surface area contributed by atoms with Crippen molar-refractivity contribution in [2.45, 2.75) is 65.4 Å². The molecule has 150 valence electrons. The Morgan fingerprint density at radius 3 is 2.67 bits per heavy atom. The summed E-state index contributed by atoms with van der Waals surface area (Å²) in [6.07, 6.45) is 3.84. The van der Waals surface area contributed by atoms with Crippen LogP contribution in [-0.4, -0.2) is 30.1 Å². The van der Waals surface area contributed by atoms with Gasteiger partial charge in [0, 0.05) is 17.8 Å². The molecular weight excluding hydrogens is 366 g/mol. The van der Waals surface area contributed by atoms with Gasteiger partial charge in [0.2, 0.25) is 5.91 Å². The van der Waals surface area contributed by atoms with E-state index in [0.717, 1.165) is 19.3 Å². The molecule has 0 aliphatic heterocycles. The van der Waals surface area contributed by atoms with E-state index in [1.54, 1.807) is 20.8 Å². The minimum atomic E-state index is -0.586. The van der Waals surface area contributed by atoms with Crippen molar-refractivity contribution >= 4 is 29.2 Å². The number of alkyl carbamates (subject to hydrolysis) is 1. The zero-order valence-corrected chi connectivity index (χ0v) is 17.3. The van der Waals surface area contributed by atoms with Crippen LogP contribution in [0.2, 0.25) is 0 Å². The molecule has 0 unspecified atom stereocenters. The van der Waals surface area contributed by atoms with Crippen LogP contribution < -0.4 is 16.2 Å². The summed E-state index contributed by atoms with van der Waals surface area (Å²) < 4.78 is 5.08. The van der Waals surface area contributed by atoms with Gasteiger partial charge in [-0.05, 0) is 57.6 Å². The predicted octanol–water partition coefficient (Wildman–Crippen LogP) is 2.94. The summed E-state index contributed by atoms with van der Waals surface area (Å²) in [6, 6.07) is 1.94. The Bertz CT molecular complexity index is 694. The zero-order valence-electron chi connectivity index (χ0n) is 16.4. The van der Waals surface area contributed by atoms with Crippen molar-refractivity contribution in [1.29, 1.82) is 0 Å². The number of aryl methyl sites for hydroxylation is 1. The lowest BCUT2D eigenvalue weighted by atomic mass is 9.87. The van der Waals surface area contributed by atoms with Crippen LogP contribution >= 0.6 is 11.3 Å². The molecule has 0 spiro atoms. The van der Waals surface area contributed by atoms with Gasteiger partial charge in [-0.25, -0.2) is 4.79 Å². The molecule has 0 saturated carbocycles. The maximum absolute atomic E-state index is 12.3. The standard InChI is InChI=1S/C19H29N3O4S/c1-5-12-6-7-14-13(10-12)11-15(27-14)17(24)22-21-16(23)8-9-20-18(25)26-19(2,3)4/h11-12H,5-10H2,1-4H3,(H,20,25)(H,21,23)(H,22,24)/t12-/m0/s1. The molecule has 1 aromatic rings. The Labute approximate surface area is 164 Å². The van der Waals surface area contributed by atoms with Crippen LogP contribution in [0.15, 0.2) is 6.07 Å². The second-order valence-electron chi connectivity index (χ2n) is 7.76. The number of fused-ring (bicyclic) bond motifs is 1. The molecule has 1 aliphatic carbocycles. The first-order valence-electron chi connectivity index (χ1n) is 9.35. The summed E-state index contributed by atoms with van der Waals surface area (Å²) >= 11 is 1.50. The summed E-state index contributed by atoms with van der Waals surface area (Å²) in [4.78, 5) is 37.4. The molecule has 2 rings (SSSR count). The van der Waals surface area contributed by atoms with Crippen LogP contribution in [0.5, 0.6) is 0 Å². The Kier molecular flexibility index (Phi) is 7.24. The van der Waals surface area contributed by atoms with Crippen molar-refractivity contribution in [2.24, 2.45) is 5.92 Å². The van der Waals surface area contributed by atoms with Crippen molar-refractivity contribution < 1.29 is 19.1 Å². The first-order valence-corrected chi connectivity index (χ1v) is 10.2. The highest BCUT2D eigenvalue weighted by Gasteiger charge is 2.22. The average Bonchev–Trinajstić information content (AvgIpc) is 3.01. The van der Waals surface area contributed by atoms with Gasteiger partial charge in [0.05, 0.1) is 4.88 Å². The van der Waals surface area contributed by atoms with Crippen LogP contribution in [-0.2, 0) is 22.4 Å². The number of hydrogen-bond acceptors (Lipinski definition) is 5. The monoisotopic (exact) mass is 395 g/mol. The van der Waals surface area contributed by atoms with E-state index in [1.165, 1.54) is 28.2 Å². The second kappa shape index (κ2) is 9.21. The van der Waals surface area contributed by atoms with Gasteiger partial charge in [-0.1, -0.05) is 13.3 Å². The molecule has 3 N–H and O–H groups in total. The van der Waals surface area contributed by atoms with E-state index >= 15 is 0 Å². The second-order valence-corrected chi connectivity index (χ2v) is 8.89. The van der Waals surface area contributed by atoms with Crippen molar-refractivity contribution in [3.8, 4) is 0 Å². The van der Waals surface area contributed by atoms with Gasteiger partial charge in [-0.15, -0.1) is 11.3 Å². The van der Waals surface area contributed by atoms with Crippen LogP contribution in [0.4, 0.5) is 4.79 Å². The average molecular weight is 396 g/mol. The highest BCUT2D eigenvalue weighted by atomic mass is 32.1. The van der Waals surface area contributed by atoms with E-state index in [0.29, 0.717) is 10.8 Å². The van der Waals surface area contributed by atoms with Gasteiger partial charge in [-0.2, -0.15) is 0 Å². The minimum absolute atomic E-state index is 0.0403. The fraction of sp³-hybridized carbons (Fsp3) is 0.632. The largest absolute Gasteiger partial charge is 0.444 e. The summed E-state index contributed by atoms with van der Waals surface area (Å²) in [6.45, 7) is 7.62. The Morgan fingerprint density at radius 1 is 1.26 bits per heavy atom. The molecule has 27 heavy (non-hydrogen) atoms. The van der Waals surface area contributed by atoms with Gasteiger partial charge in [0.25, 0.3) is 5.91 Å². The SMILES string of the molecule is CC[C@H]1CCc2sc(C(=O)NNC(=O)CCNC(=O)OC(C)(C)C)cc2C1. The van der Waals surface area contributed by atoms with Crippen LogP contribution in [0.1, 0.15) is 67.1 Å². The zero-order chi connectivity index (χ0) is 20.0. The van der Waals surface area contributed by atoms with Crippen molar-refractivity contribution in [3.63, 3.8) is 0 Å². The lowest BCUT2D eigenvalue weighted by Gasteiger charge is -2.19. The number of ether oxygens (including phenoxy) is 1. The Morgan fingerprint density at radius 2 is 2.00 bits per heavy atom. The van der Waals surface area contributed by atoms with Gasteiger partial charge in [0.15, 0.2) is 0 Å². The molecule has 0 fully saturated rings. The maximum atomic E-state index is 12.3. The first-order chi connectivity index (χ1) is 12.7. The molecule has 0 aromatic carbocycles. The van der Waals surface area contributed by atoms with Crippen LogP contribution in [0, 0.1) is 5.92 Å². The van der Waals surface area contributed by atoms with E-state index in [2.05, 4.69) is 23.1 Å². The molecule has 7 nitrogen and oxygen atoms in total. The smallest absolute Gasteiger partial charge is 0.407 e. The number of carbonyl (C=O) groups excluding carboxylic acids is 3. The van der Waals surface area contributed by atoms with E-state index in [9.17, 15) is 14.4 Å². The quantitative estimate of drug-likeness (QED) is 0.668. The Balaban J connectivity index is 1.72. The lowest BCUT2D eigenvalue weighted by Crippen LogP contribution is -2.42. The molecule has 1 atom stereocenters. The normalized spacial score (nSPS) is 16.2. The van der Waals surface area contributed by atoms with E-state index in [1.807, 2.05) is 6.07 Å². The number of rotatable bonds is 5. The molecule has 1 aromatic heterocycles. The summed E-state index contributed by atoms with van der Waals surface area (Å²) in [5, 5.41) is 2.50. The number of thiophene rings is 1. The fourth-order valence-electron chi connectivity index (χ4n) is 2.90. The van der Waals surface area contributed by atoms with Crippen molar-refractivity contribution in [3.05, 3.63) is 21.4 Å². The third-order valence-electron chi connectivity index (χ3n) is 4.32. The third kappa shape index (κ3) is 6.86. The van der Waals surface area contributed by atoms with Crippen LogP contribution in [0.3, 0.4) is 0 Å². The van der Waals surface area contributed by atoms with Crippen molar-refractivity contribution in [2.75, 3.05) is 6.54 Å². The summed E-state index contributed by atoms with van der Waals surface area (Å²) in [5.74, 6) is 0.00265. The maximum Gasteiger partial charge on any atom is 0.407 e. The summed E-state index contributed by atoms with van der Waals surface area (Å²) in [7, 11) is 0. The molecule has 3 amide bonds. The molecule has 0 radical (unpaired) electrons. The molecule has 1 heterocycles. The highest BCUT2D eigenvalue weighted by Crippen LogP contribution is 2.33. The van der Waals surface area contributed by atoms with Gasteiger partial charge >= 0.3 is 6.09 Å². The molecule has 0 saturated heterocycles.